The third-order valence-corrected chi connectivity index (χ3v) is 3.13. The van der Waals surface area contributed by atoms with Crippen molar-refractivity contribution in [3.63, 3.8) is 0 Å². The fourth-order valence-electron chi connectivity index (χ4n) is 2.17. The molecule has 1 saturated carbocycles. The predicted octanol–water partition coefficient (Wildman–Crippen LogP) is 1.57. The predicted molar refractivity (Wildman–Crippen MR) is 56.4 cm³/mol. The fraction of sp³-hybridized carbons (Fsp3) is 0.545. The summed E-state index contributed by atoms with van der Waals surface area (Å²) in [5.74, 6) is -0.657. The maximum absolute atomic E-state index is 11.1. The van der Waals surface area contributed by atoms with Crippen molar-refractivity contribution in [3.8, 4) is 0 Å². The maximum Gasteiger partial charge on any atom is 0.339 e. The molecule has 0 amide bonds. The molecule has 0 aliphatic heterocycles. The summed E-state index contributed by atoms with van der Waals surface area (Å²) >= 11 is 0. The highest BCUT2D eigenvalue weighted by atomic mass is 16.4. The van der Waals surface area contributed by atoms with Crippen LogP contribution in [0.1, 0.15) is 47.8 Å². The van der Waals surface area contributed by atoms with Crippen molar-refractivity contribution in [2.24, 2.45) is 0 Å². The van der Waals surface area contributed by atoms with E-state index in [1.807, 2.05) is 0 Å². The molecule has 5 heteroatoms. The highest BCUT2D eigenvalue weighted by Gasteiger charge is 2.23. The Kier molecular flexibility index (Phi) is 2.77. The third-order valence-electron chi connectivity index (χ3n) is 3.13. The van der Waals surface area contributed by atoms with Crippen molar-refractivity contribution in [3.05, 3.63) is 17.5 Å². The number of carbonyl (C=O) groups excluding carboxylic acids is 1. The van der Waals surface area contributed by atoms with E-state index in [2.05, 4.69) is 5.10 Å². The highest BCUT2D eigenvalue weighted by Crippen LogP contribution is 2.27. The van der Waals surface area contributed by atoms with Crippen LogP contribution in [0.15, 0.2) is 6.20 Å². The van der Waals surface area contributed by atoms with Gasteiger partial charge in [0.15, 0.2) is 0 Å². The lowest BCUT2D eigenvalue weighted by atomic mass is 9.94. The average Bonchev–Trinajstić information content (AvgIpc) is 2.61. The molecule has 0 atom stereocenters. The molecular weight excluding hydrogens is 208 g/mol. The minimum absolute atomic E-state index is 0.172. The number of aromatic nitrogens is 2. The van der Waals surface area contributed by atoms with E-state index in [1.54, 1.807) is 11.6 Å². The molecular formula is C11H14N2O3. The molecule has 1 N–H and O–H groups in total. The molecule has 16 heavy (non-hydrogen) atoms. The van der Waals surface area contributed by atoms with Crippen LogP contribution in [0.5, 0.6) is 0 Å². The Morgan fingerprint density at radius 1 is 1.50 bits per heavy atom. The molecule has 5 nitrogen and oxygen atoms in total. The van der Waals surface area contributed by atoms with E-state index in [9.17, 15) is 9.59 Å². The van der Waals surface area contributed by atoms with Crippen LogP contribution < -0.4 is 0 Å². The molecule has 1 aromatic rings. The van der Waals surface area contributed by atoms with Gasteiger partial charge in [-0.25, -0.2) is 4.79 Å². The Balaban J connectivity index is 2.21. The van der Waals surface area contributed by atoms with Crippen molar-refractivity contribution < 1.29 is 14.7 Å². The average molecular weight is 222 g/mol. The zero-order valence-electron chi connectivity index (χ0n) is 9.14. The van der Waals surface area contributed by atoms with Crippen LogP contribution in [0, 0.1) is 6.92 Å². The van der Waals surface area contributed by atoms with Crippen molar-refractivity contribution in [1.29, 1.82) is 0 Å². The number of carbonyl (C=O) groups is 2. The van der Waals surface area contributed by atoms with Gasteiger partial charge in [-0.1, -0.05) is 0 Å². The van der Waals surface area contributed by atoms with Gasteiger partial charge >= 0.3 is 5.97 Å². The van der Waals surface area contributed by atoms with E-state index in [0.29, 0.717) is 24.3 Å². The van der Waals surface area contributed by atoms with Gasteiger partial charge in [-0.3, -0.25) is 9.48 Å². The van der Waals surface area contributed by atoms with E-state index in [0.717, 1.165) is 12.8 Å². The number of ketones is 1. The molecule has 1 aliphatic carbocycles. The van der Waals surface area contributed by atoms with Gasteiger partial charge in [0.25, 0.3) is 0 Å². The second-order valence-corrected chi connectivity index (χ2v) is 4.16. The lowest BCUT2D eigenvalue weighted by Gasteiger charge is -2.22. The number of rotatable bonds is 2. The summed E-state index contributed by atoms with van der Waals surface area (Å²) in [6.45, 7) is 1.76. The first-order chi connectivity index (χ1) is 7.59. The largest absolute Gasteiger partial charge is 0.478 e. The topological polar surface area (TPSA) is 72.2 Å². The molecule has 0 aromatic carbocycles. The maximum atomic E-state index is 11.1. The van der Waals surface area contributed by atoms with E-state index in [-0.39, 0.29) is 11.6 Å². The molecule has 86 valence electrons. The van der Waals surface area contributed by atoms with Crippen LogP contribution in [-0.4, -0.2) is 26.6 Å². The third kappa shape index (κ3) is 1.85. The van der Waals surface area contributed by atoms with Crippen molar-refractivity contribution in [1.82, 2.24) is 9.78 Å². The van der Waals surface area contributed by atoms with Crippen LogP contribution >= 0.6 is 0 Å². The summed E-state index contributed by atoms with van der Waals surface area (Å²) in [5, 5.41) is 13.0. The normalized spacial score (nSPS) is 17.7. The minimum Gasteiger partial charge on any atom is -0.478 e. The van der Waals surface area contributed by atoms with Gasteiger partial charge in [0, 0.05) is 12.8 Å². The van der Waals surface area contributed by atoms with Crippen LogP contribution in [0.2, 0.25) is 0 Å². The van der Waals surface area contributed by atoms with Crippen molar-refractivity contribution in [2.45, 2.75) is 38.6 Å². The van der Waals surface area contributed by atoms with Crippen LogP contribution in [0.25, 0.3) is 0 Å². The highest BCUT2D eigenvalue weighted by molar-refractivity contribution is 5.88. The molecule has 0 bridgehead atoms. The molecule has 0 saturated heterocycles. The Morgan fingerprint density at radius 3 is 2.62 bits per heavy atom. The smallest absolute Gasteiger partial charge is 0.339 e. The lowest BCUT2D eigenvalue weighted by Crippen LogP contribution is -2.20. The summed E-state index contributed by atoms with van der Waals surface area (Å²) < 4.78 is 1.75. The number of hydrogen-bond acceptors (Lipinski definition) is 3. The van der Waals surface area contributed by atoms with Gasteiger partial charge in [-0.15, -0.1) is 0 Å². The molecule has 1 fully saturated rings. The van der Waals surface area contributed by atoms with Gasteiger partial charge < -0.3 is 5.11 Å². The van der Waals surface area contributed by atoms with Crippen LogP contribution in [0.4, 0.5) is 0 Å². The molecule has 0 spiro atoms. The number of carboxylic acid groups (broad SMARTS) is 1. The first-order valence-corrected chi connectivity index (χ1v) is 5.38. The van der Waals surface area contributed by atoms with Gasteiger partial charge in [0.2, 0.25) is 0 Å². The number of hydrogen-bond donors (Lipinski definition) is 1. The van der Waals surface area contributed by atoms with Crippen molar-refractivity contribution >= 4 is 11.8 Å². The first-order valence-electron chi connectivity index (χ1n) is 5.38. The second kappa shape index (κ2) is 4.08. The van der Waals surface area contributed by atoms with Gasteiger partial charge in [-0.2, -0.15) is 5.10 Å². The van der Waals surface area contributed by atoms with Crippen molar-refractivity contribution in [2.75, 3.05) is 0 Å². The van der Waals surface area contributed by atoms with E-state index in [4.69, 9.17) is 5.11 Å². The minimum atomic E-state index is -0.948. The summed E-state index contributed by atoms with van der Waals surface area (Å²) in [7, 11) is 0. The van der Waals surface area contributed by atoms with Gasteiger partial charge in [0.1, 0.15) is 11.3 Å². The zero-order chi connectivity index (χ0) is 11.7. The van der Waals surface area contributed by atoms with E-state index in [1.165, 1.54) is 6.20 Å². The summed E-state index contributed by atoms with van der Waals surface area (Å²) in [4.78, 5) is 22.0. The van der Waals surface area contributed by atoms with Crippen LogP contribution in [0.3, 0.4) is 0 Å². The quantitative estimate of drug-likeness (QED) is 0.824. The van der Waals surface area contributed by atoms with Gasteiger partial charge in [0.05, 0.1) is 17.9 Å². The molecule has 0 unspecified atom stereocenters. The SMILES string of the molecule is Cc1c(C(=O)O)cnn1C1CCC(=O)CC1. The standard InChI is InChI=1S/C11H14N2O3/c1-7-10(11(15)16)6-12-13(7)8-2-4-9(14)5-3-8/h6,8H,2-5H2,1H3,(H,15,16). The Labute approximate surface area is 93.1 Å². The van der Waals surface area contributed by atoms with E-state index >= 15 is 0 Å². The number of Topliss-reactive ketones (excluding diaryl/α,β-unsaturated/α-hetero) is 1. The Morgan fingerprint density at radius 2 is 2.12 bits per heavy atom. The molecule has 1 aromatic heterocycles. The lowest BCUT2D eigenvalue weighted by molar-refractivity contribution is -0.120. The van der Waals surface area contributed by atoms with E-state index < -0.39 is 5.97 Å². The number of aromatic carboxylic acids is 1. The van der Waals surface area contributed by atoms with Crippen LogP contribution in [-0.2, 0) is 4.79 Å². The first kappa shape index (κ1) is 10.9. The number of carboxylic acids is 1. The fourth-order valence-corrected chi connectivity index (χ4v) is 2.17. The zero-order valence-corrected chi connectivity index (χ0v) is 9.14. The second-order valence-electron chi connectivity index (χ2n) is 4.16. The summed E-state index contributed by atoms with van der Waals surface area (Å²) in [6.07, 6.45) is 4.06. The summed E-state index contributed by atoms with van der Waals surface area (Å²) in [6, 6.07) is 0.172. The monoisotopic (exact) mass is 222 g/mol. The summed E-state index contributed by atoms with van der Waals surface area (Å²) in [5.41, 5.74) is 0.920. The molecule has 0 radical (unpaired) electrons. The molecule has 1 heterocycles. The molecule has 1 aliphatic rings. The number of nitrogens with zero attached hydrogens (tertiary/aromatic N) is 2. The Bertz CT molecular complexity index is 426. The molecule has 2 rings (SSSR count). The van der Waals surface area contributed by atoms with Gasteiger partial charge in [-0.05, 0) is 19.8 Å². The Hall–Kier alpha value is -1.65.